The largest absolute Gasteiger partial charge is 0.504 e. The predicted molar refractivity (Wildman–Crippen MR) is 50.5 cm³/mol. The zero-order valence-electron chi connectivity index (χ0n) is 8.52. The molecular formula is C9H14N2O3. The van der Waals surface area contributed by atoms with Gasteiger partial charge in [0.2, 0.25) is 0 Å². The number of aromatic nitrogens is 2. The average molecular weight is 198 g/mol. The van der Waals surface area contributed by atoms with Crippen LogP contribution >= 0.6 is 0 Å². The van der Waals surface area contributed by atoms with Crippen molar-refractivity contribution in [2.45, 2.75) is 19.9 Å². The van der Waals surface area contributed by atoms with Crippen LogP contribution in [0.15, 0.2) is 6.20 Å². The Bertz CT molecular complexity index is 333. The SMILES string of the molecule is COCC(C)n1cc(O)c(C(C)=O)n1. The van der Waals surface area contributed by atoms with Crippen LogP contribution in [0.25, 0.3) is 0 Å². The van der Waals surface area contributed by atoms with E-state index >= 15 is 0 Å². The number of hydrogen-bond donors (Lipinski definition) is 1. The van der Waals surface area contributed by atoms with E-state index in [4.69, 9.17) is 4.74 Å². The summed E-state index contributed by atoms with van der Waals surface area (Å²) >= 11 is 0. The van der Waals surface area contributed by atoms with E-state index in [0.717, 1.165) is 0 Å². The van der Waals surface area contributed by atoms with Gasteiger partial charge in [-0.1, -0.05) is 0 Å². The molecular weight excluding hydrogens is 184 g/mol. The van der Waals surface area contributed by atoms with Crippen LogP contribution in [0, 0.1) is 0 Å². The van der Waals surface area contributed by atoms with E-state index in [2.05, 4.69) is 5.10 Å². The maximum absolute atomic E-state index is 11.0. The first-order valence-corrected chi connectivity index (χ1v) is 4.34. The maximum Gasteiger partial charge on any atom is 0.183 e. The molecule has 1 rings (SSSR count). The molecule has 5 nitrogen and oxygen atoms in total. The third kappa shape index (κ3) is 2.11. The lowest BCUT2D eigenvalue weighted by molar-refractivity contribution is 0.100. The molecule has 0 bridgehead atoms. The molecule has 0 aliphatic heterocycles. The first-order valence-electron chi connectivity index (χ1n) is 4.34. The highest BCUT2D eigenvalue weighted by atomic mass is 16.5. The highest BCUT2D eigenvalue weighted by Gasteiger charge is 2.14. The zero-order valence-corrected chi connectivity index (χ0v) is 8.52. The van der Waals surface area contributed by atoms with Crippen LogP contribution < -0.4 is 0 Å². The van der Waals surface area contributed by atoms with Gasteiger partial charge in [0, 0.05) is 14.0 Å². The molecule has 0 saturated heterocycles. The van der Waals surface area contributed by atoms with E-state index in [-0.39, 0.29) is 23.3 Å². The van der Waals surface area contributed by atoms with Gasteiger partial charge in [-0.15, -0.1) is 0 Å². The van der Waals surface area contributed by atoms with Gasteiger partial charge in [0.15, 0.2) is 17.2 Å². The first kappa shape index (κ1) is 10.7. The van der Waals surface area contributed by atoms with Crippen LogP contribution in [-0.2, 0) is 4.74 Å². The monoisotopic (exact) mass is 198 g/mol. The molecule has 78 valence electrons. The number of ketones is 1. The molecule has 1 heterocycles. The third-order valence-electron chi connectivity index (χ3n) is 1.91. The van der Waals surface area contributed by atoms with Crippen molar-refractivity contribution in [2.24, 2.45) is 0 Å². The summed E-state index contributed by atoms with van der Waals surface area (Å²) in [5.41, 5.74) is 0.105. The van der Waals surface area contributed by atoms with Gasteiger partial charge in [-0.2, -0.15) is 5.10 Å². The Labute approximate surface area is 82.3 Å². The summed E-state index contributed by atoms with van der Waals surface area (Å²) in [6.45, 7) is 3.74. The molecule has 0 saturated carbocycles. The van der Waals surface area contributed by atoms with Crippen molar-refractivity contribution >= 4 is 5.78 Å². The first-order chi connectivity index (χ1) is 6.56. The second kappa shape index (κ2) is 4.23. The Morgan fingerprint density at radius 3 is 2.86 bits per heavy atom. The Hall–Kier alpha value is -1.36. The lowest BCUT2D eigenvalue weighted by Crippen LogP contribution is -2.12. The summed E-state index contributed by atoms with van der Waals surface area (Å²) in [6.07, 6.45) is 1.43. The number of carbonyl (C=O) groups is 1. The second-order valence-electron chi connectivity index (χ2n) is 3.20. The fraction of sp³-hybridized carbons (Fsp3) is 0.556. The number of ether oxygens (including phenoxy) is 1. The van der Waals surface area contributed by atoms with Gasteiger partial charge in [-0.3, -0.25) is 9.48 Å². The number of carbonyl (C=O) groups excluding carboxylic acids is 1. The van der Waals surface area contributed by atoms with E-state index < -0.39 is 0 Å². The summed E-state index contributed by atoms with van der Waals surface area (Å²) in [5.74, 6) is -0.327. The molecule has 0 amide bonds. The maximum atomic E-state index is 11.0. The van der Waals surface area contributed by atoms with E-state index in [1.54, 1.807) is 7.11 Å². The molecule has 0 aliphatic carbocycles. The van der Waals surface area contributed by atoms with Crippen molar-refractivity contribution in [2.75, 3.05) is 13.7 Å². The zero-order chi connectivity index (χ0) is 10.7. The molecule has 0 spiro atoms. The summed E-state index contributed by atoms with van der Waals surface area (Å²) in [4.78, 5) is 11.0. The molecule has 5 heteroatoms. The van der Waals surface area contributed by atoms with Crippen molar-refractivity contribution in [1.82, 2.24) is 9.78 Å². The van der Waals surface area contributed by atoms with Gasteiger partial charge >= 0.3 is 0 Å². The molecule has 0 aliphatic rings. The van der Waals surface area contributed by atoms with E-state index in [1.807, 2.05) is 6.92 Å². The van der Waals surface area contributed by atoms with Gasteiger partial charge in [-0.05, 0) is 6.92 Å². The highest BCUT2D eigenvalue weighted by Crippen LogP contribution is 2.18. The van der Waals surface area contributed by atoms with Crippen molar-refractivity contribution in [3.05, 3.63) is 11.9 Å². The molecule has 0 aromatic carbocycles. The highest BCUT2D eigenvalue weighted by molar-refractivity contribution is 5.94. The van der Waals surface area contributed by atoms with Gasteiger partial charge in [-0.25, -0.2) is 0 Å². The standard InChI is InChI=1S/C9H14N2O3/c1-6(5-14-3)11-4-8(13)9(10-11)7(2)12/h4,6,13H,5H2,1-3H3. The summed E-state index contributed by atoms with van der Waals surface area (Å²) in [6, 6.07) is -0.000926. The number of rotatable bonds is 4. The van der Waals surface area contributed by atoms with Crippen LogP contribution in [-0.4, -0.2) is 34.4 Å². The van der Waals surface area contributed by atoms with E-state index in [1.165, 1.54) is 17.8 Å². The normalized spacial score (nSPS) is 12.8. The molecule has 0 fully saturated rings. The number of hydrogen-bond acceptors (Lipinski definition) is 4. The minimum absolute atomic E-state index is 0.000926. The molecule has 1 aromatic heterocycles. The second-order valence-corrected chi connectivity index (χ2v) is 3.20. The number of nitrogens with zero attached hydrogens (tertiary/aromatic N) is 2. The van der Waals surface area contributed by atoms with Gasteiger partial charge < -0.3 is 9.84 Å². The van der Waals surface area contributed by atoms with Gasteiger partial charge in [0.05, 0.1) is 18.8 Å². The lowest BCUT2D eigenvalue weighted by Gasteiger charge is -2.09. The van der Waals surface area contributed by atoms with Crippen molar-refractivity contribution in [1.29, 1.82) is 0 Å². The van der Waals surface area contributed by atoms with Crippen LogP contribution in [0.4, 0.5) is 0 Å². The third-order valence-corrected chi connectivity index (χ3v) is 1.91. The Morgan fingerprint density at radius 2 is 2.43 bits per heavy atom. The Kier molecular flexibility index (Phi) is 3.24. The Balaban J connectivity index is 2.90. The van der Waals surface area contributed by atoms with Crippen molar-refractivity contribution in [3.8, 4) is 5.75 Å². The Morgan fingerprint density at radius 1 is 1.79 bits per heavy atom. The van der Waals surface area contributed by atoms with Crippen LogP contribution in [0.3, 0.4) is 0 Å². The quantitative estimate of drug-likeness (QED) is 0.733. The van der Waals surface area contributed by atoms with Crippen LogP contribution in [0.5, 0.6) is 5.75 Å². The van der Waals surface area contributed by atoms with Crippen molar-refractivity contribution < 1.29 is 14.6 Å². The molecule has 1 aromatic rings. The summed E-state index contributed by atoms with van der Waals surface area (Å²) in [7, 11) is 1.59. The van der Waals surface area contributed by atoms with Crippen LogP contribution in [0.2, 0.25) is 0 Å². The number of Topliss-reactive ketones (excluding diaryl/α,β-unsaturated/α-hetero) is 1. The molecule has 0 radical (unpaired) electrons. The predicted octanol–water partition coefficient (Wildman–Crippen LogP) is 0.999. The number of methoxy groups -OCH3 is 1. The van der Waals surface area contributed by atoms with E-state index in [0.29, 0.717) is 6.61 Å². The fourth-order valence-corrected chi connectivity index (χ4v) is 1.18. The smallest absolute Gasteiger partial charge is 0.183 e. The molecule has 1 atom stereocenters. The minimum Gasteiger partial charge on any atom is -0.504 e. The summed E-state index contributed by atoms with van der Waals surface area (Å²) < 4.78 is 6.46. The fourth-order valence-electron chi connectivity index (χ4n) is 1.18. The lowest BCUT2D eigenvalue weighted by atomic mass is 10.3. The topological polar surface area (TPSA) is 64.3 Å². The molecule has 1 N–H and O–H groups in total. The van der Waals surface area contributed by atoms with Gasteiger partial charge in [0.25, 0.3) is 0 Å². The molecule has 14 heavy (non-hydrogen) atoms. The van der Waals surface area contributed by atoms with Gasteiger partial charge in [0.1, 0.15) is 0 Å². The summed E-state index contributed by atoms with van der Waals surface area (Å²) in [5, 5.41) is 13.3. The van der Waals surface area contributed by atoms with Crippen molar-refractivity contribution in [3.63, 3.8) is 0 Å². The van der Waals surface area contributed by atoms with Crippen LogP contribution in [0.1, 0.15) is 30.4 Å². The molecule has 1 unspecified atom stereocenters. The minimum atomic E-state index is -0.245. The average Bonchev–Trinajstić information content (AvgIpc) is 2.48. The van der Waals surface area contributed by atoms with E-state index in [9.17, 15) is 9.90 Å². The number of aromatic hydroxyl groups is 1.